The van der Waals surface area contributed by atoms with Gasteiger partial charge in [0.1, 0.15) is 32.5 Å². The van der Waals surface area contributed by atoms with Gasteiger partial charge >= 0.3 is 17.9 Å². The first-order valence-electron chi connectivity index (χ1n) is 17.8. The van der Waals surface area contributed by atoms with Crippen LogP contribution >= 0.6 is 0 Å². The van der Waals surface area contributed by atoms with Crippen LogP contribution in [0.4, 0.5) is 0 Å². The van der Waals surface area contributed by atoms with E-state index in [4.69, 9.17) is 45.6 Å². The van der Waals surface area contributed by atoms with Gasteiger partial charge in [-0.15, -0.1) is 0 Å². The molecule has 2 aliphatic heterocycles. The van der Waals surface area contributed by atoms with E-state index in [1.54, 1.807) is 48.5 Å². The van der Waals surface area contributed by atoms with Crippen molar-refractivity contribution < 1.29 is 52.4 Å². The number of hydrogen-bond acceptors (Lipinski definition) is 15. The second kappa shape index (κ2) is 20.7. The topological polar surface area (TPSA) is 299 Å². The van der Waals surface area contributed by atoms with Crippen molar-refractivity contribution in [2.75, 3.05) is 92.2 Å². The summed E-state index contributed by atoms with van der Waals surface area (Å²) in [5, 5.41) is 11.5. The summed E-state index contributed by atoms with van der Waals surface area (Å²) in [5.74, 6) is -2.49. The van der Waals surface area contributed by atoms with Crippen molar-refractivity contribution in [2.45, 2.75) is 66.6 Å². The molecule has 0 aromatic heterocycles. The van der Waals surface area contributed by atoms with Crippen molar-refractivity contribution in [2.24, 2.45) is 43.9 Å². The Morgan fingerprint density at radius 1 is 0.698 bits per heavy atom. The summed E-state index contributed by atoms with van der Waals surface area (Å²) in [6.45, 7) is 13.3. The zero-order valence-electron chi connectivity index (χ0n) is 32.3. The quantitative estimate of drug-likeness (QED) is 0.0120. The fraction of sp³-hybridized carbons (Fsp3) is 0.824. The predicted octanol–water partition coefficient (Wildman–Crippen LogP) is -2.47. The third-order valence-electron chi connectivity index (χ3n) is 8.69. The molecule has 19 nitrogen and oxygen atoms in total. The average Bonchev–Trinajstić information content (AvgIpc) is 4.00. The molecule has 2 rings (SSSR count). The molecule has 10 N–H and O–H groups in total. The Morgan fingerprint density at radius 2 is 1.15 bits per heavy atom. The fourth-order valence-electron chi connectivity index (χ4n) is 4.58. The van der Waals surface area contributed by atoms with Crippen LogP contribution in [0, 0.1) is 21.7 Å². The van der Waals surface area contributed by atoms with Crippen molar-refractivity contribution in [3.8, 4) is 0 Å². The Bertz CT molecular complexity index is 1220. The number of nitrogens with two attached hydrogens (primary N) is 3. The number of carbonyl (C=O) groups is 5. The molecule has 2 saturated heterocycles. The molecule has 2 heterocycles. The van der Waals surface area contributed by atoms with Gasteiger partial charge in [0, 0.05) is 38.3 Å². The number of aliphatic imine (C=N–C) groups is 1. The Kier molecular flexibility index (Phi) is 17.8. The van der Waals surface area contributed by atoms with Crippen LogP contribution < -0.4 is 38.5 Å². The lowest BCUT2D eigenvalue weighted by molar-refractivity contribution is -0.178. The van der Waals surface area contributed by atoms with Gasteiger partial charge in [0.2, 0.25) is 11.8 Å². The number of amides is 2. The fourth-order valence-corrected chi connectivity index (χ4v) is 4.58. The predicted molar refractivity (Wildman–Crippen MR) is 193 cm³/mol. The van der Waals surface area contributed by atoms with Crippen molar-refractivity contribution in [1.82, 2.24) is 21.3 Å². The average molecular weight is 759 g/mol. The number of ether oxygens (including phenoxy) is 6. The Labute approximate surface area is 311 Å². The number of esters is 3. The molecule has 0 spiro atoms. The lowest BCUT2D eigenvalue weighted by atomic mass is 9.87. The van der Waals surface area contributed by atoms with Crippen LogP contribution in [0.1, 0.15) is 48.5 Å². The molecule has 19 heteroatoms. The van der Waals surface area contributed by atoms with E-state index in [1.807, 2.05) is 0 Å². The first-order chi connectivity index (χ1) is 24.7. The molecule has 2 aliphatic rings. The van der Waals surface area contributed by atoms with E-state index in [0.717, 1.165) is 0 Å². The van der Waals surface area contributed by atoms with Gasteiger partial charge in [-0.3, -0.25) is 29.0 Å². The molecule has 0 saturated carbocycles. The van der Waals surface area contributed by atoms with Crippen molar-refractivity contribution >= 4 is 35.7 Å². The van der Waals surface area contributed by atoms with E-state index < -0.39 is 57.4 Å². The second-order valence-corrected chi connectivity index (χ2v) is 15.6. The molecular formula is C34H62N8O11. The van der Waals surface area contributed by atoms with E-state index in [-0.39, 0.29) is 97.1 Å². The number of nitrogens with zero attached hydrogens (tertiary/aromatic N) is 1. The van der Waals surface area contributed by atoms with Gasteiger partial charge in [-0.1, -0.05) is 0 Å². The number of hydrogen-bond donors (Lipinski definition) is 7. The monoisotopic (exact) mass is 758 g/mol. The summed E-state index contributed by atoms with van der Waals surface area (Å²) in [5.41, 5.74) is 12.3. The first kappa shape index (κ1) is 45.5. The number of carbonyl (C=O) groups excluding carboxylic acids is 5. The maximum absolute atomic E-state index is 13.2. The zero-order valence-corrected chi connectivity index (χ0v) is 32.3. The Morgan fingerprint density at radius 3 is 1.58 bits per heavy atom. The van der Waals surface area contributed by atoms with E-state index in [9.17, 15) is 24.0 Å². The summed E-state index contributed by atoms with van der Waals surface area (Å²) in [6, 6.07) is -0.962. The summed E-state index contributed by atoms with van der Waals surface area (Å²) >= 11 is 0. The third-order valence-corrected chi connectivity index (χ3v) is 8.69. The minimum atomic E-state index is -1.32. The third kappa shape index (κ3) is 16.5. The molecule has 2 amide bonds. The molecule has 0 aromatic carbocycles. The summed E-state index contributed by atoms with van der Waals surface area (Å²) < 4.78 is 33.9. The van der Waals surface area contributed by atoms with Crippen molar-refractivity contribution in [1.29, 1.82) is 0 Å². The smallest absolute Gasteiger partial charge is 0.313 e. The number of nitrogens with one attached hydrogen (secondary N) is 4. The normalized spacial score (nSPS) is 18.5. The molecule has 0 aromatic rings. The highest BCUT2D eigenvalue weighted by Crippen LogP contribution is 2.32. The molecule has 0 radical (unpaired) electrons. The summed E-state index contributed by atoms with van der Waals surface area (Å²) in [4.78, 5) is 67.3. The van der Waals surface area contributed by atoms with Gasteiger partial charge in [0.05, 0.1) is 61.2 Å². The van der Waals surface area contributed by atoms with E-state index >= 15 is 0 Å². The first-order valence-corrected chi connectivity index (χ1v) is 17.8. The van der Waals surface area contributed by atoms with Gasteiger partial charge in [-0.05, 0) is 48.5 Å². The highest BCUT2D eigenvalue weighted by atomic mass is 16.6. The second-order valence-electron chi connectivity index (χ2n) is 15.6. The van der Waals surface area contributed by atoms with Crippen LogP contribution in [0.25, 0.3) is 0 Å². The van der Waals surface area contributed by atoms with Gasteiger partial charge in [-0.2, -0.15) is 0 Å². The van der Waals surface area contributed by atoms with Crippen LogP contribution in [0.5, 0.6) is 0 Å². The maximum Gasteiger partial charge on any atom is 0.313 e. The summed E-state index contributed by atoms with van der Waals surface area (Å²) in [6.07, 6.45) is 0. The minimum Gasteiger partial charge on any atom is -0.464 e. The van der Waals surface area contributed by atoms with Gasteiger partial charge in [0.15, 0.2) is 5.96 Å². The summed E-state index contributed by atoms with van der Waals surface area (Å²) in [7, 11) is 0. The van der Waals surface area contributed by atoms with Crippen LogP contribution in [0.2, 0.25) is 0 Å². The standard InChI is InChI=1S/C34H62N8O11/c1-31(2,3)27(45)51-19-34(20-52-28(46)32(4,5)23-15-40-23,21-53-29(47)33(6,7)24-16-41-24)18-50-17-25(43)38-8-10-48-12-13-49-11-9-39-26(44)22(35)14-42-30(36)37/h22-24,40-41H,8-21,35H2,1-7H3,(H,38,43)(H,39,44)(H4,36,37,42). The van der Waals surface area contributed by atoms with E-state index in [2.05, 4.69) is 26.3 Å². The Balaban J connectivity index is 1.87. The van der Waals surface area contributed by atoms with Gasteiger partial charge in [-0.25, -0.2) is 0 Å². The molecule has 0 aliphatic carbocycles. The van der Waals surface area contributed by atoms with Crippen molar-refractivity contribution in [3.63, 3.8) is 0 Å². The van der Waals surface area contributed by atoms with Crippen molar-refractivity contribution in [3.05, 3.63) is 0 Å². The SMILES string of the molecule is CC(C)(C)C(=O)OCC(COCC(=O)NCCOCCOCCNC(=O)C(N)CN=C(N)N)(COC(=O)C(C)(C)C1CN1)COC(=O)C(C)(C)C1CN1. The molecular weight excluding hydrogens is 696 g/mol. The molecule has 0 bridgehead atoms. The highest BCUT2D eigenvalue weighted by Gasteiger charge is 2.48. The molecule has 3 atom stereocenters. The molecule has 53 heavy (non-hydrogen) atoms. The molecule has 304 valence electrons. The molecule has 2 fully saturated rings. The minimum absolute atomic E-state index is 0.0241. The van der Waals surface area contributed by atoms with Crippen LogP contribution in [0.15, 0.2) is 4.99 Å². The maximum atomic E-state index is 13.2. The van der Waals surface area contributed by atoms with Gasteiger partial charge in [0.25, 0.3) is 0 Å². The highest BCUT2D eigenvalue weighted by molar-refractivity contribution is 5.82. The zero-order chi connectivity index (χ0) is 39.9. The largest absolute Gasteiger partial charge is 0.464 e. The van der Waals surface area contributed by atoms with Crippen LogP contribution in [0.3, 0.4) is 0 Å². The van der Waals surface area contributed by atoms with Crippen LogP contribution in [-0.4, -0.2) is 146 Å². The Hall–Kier alpha value is -3.62. The lowest BCUT2D eigenvalue weighted by Gasteiger charge is -2.35. The van der Waals surface area contributed by atoms with Gasteiger partial charge < -0.3 is 66.9 Å². The number of guanidine groups is 1. The lowest BCUT2D eigenvalue weighted by Crippen LogP contribution is -2.47. The van der Waals surface area contributed by atoms with Crippen LogP contribution in [-0.2, 0) is 52.4 Å². The van der Waals surface area contributed by atoms with E-state index in [0.29, 0.717) is 13.1 Å². The number of rotatable bonds is 26. The molecule has 3 unspecified atom stereocenters. The van der Waals surface area contributed by atoms with E-state index in [1.165, 1.54) is 0 Å².